The van der Waals surface area contributed by atoms with Crippen LogP contribution < -0.4 is 4.74 Å². The van der Waals surface area contributed by atoms with Crippen LogP contribution in [0.25, 0.3) is 0 Å². The van der Waals surface area contributed by atoms with Gasteiger partial charge in [0.1, 0.15) is 11.5 Å². The Labute approximate surface area is 193 Å². The van der Waals surface area contributed by atoms with E-state index in [9.17, 15) is 19.2 Å². The van der Waals surface area contributed by atoms with Crippen molar-refractivity contribution in [1.82, 2.24) is 9.80 Å². The van der Waals surface area contributed by atoms with Gasteiger partial charge < -0.3 is 4.74 Å². The Bertz CT molecular complexity index is 1120. The second-order valence-corrected chi connectivity index (χ2v) is 9.74. The lowest BCUT2D eigenvalue weighted by molar-refractivity contribution is 0.0457. The number of rotatable bonds is 6. The molecule has 0 aliphatic carbocycles. The van der Waals surface area contributed by atoms with E-state index in [1.807, 2.05) is 41.5 Å². The van der Waals surface area contributed by atoms with E-state index < -0.39 is 11.1 Å². The first kappa shape index (κ1) is 22.7. The molecule has 0 aromatic heterocycles. The Morgan fingerprint density at radius 2 is 0.939 bits per heavy atom. The fraction of sp³-hybridized carbons (Fsp3) is 0.385. The van der Waals surface area contributed by atoms with Crippen molar-refractivity contribution in [3.63, 3.8) is 0 Å². The largest absolute Gasteiger partial charge is 0.457 e. The van der Waals surface area contributed by atoms with Gasteiger partial charge in [0, 0.05) is 11.1 Å². The predicted octanol–water partition coefficient (Wildman–Crippen LogP) is 5.05. The van der Waals surface area contributed by atoms with Crippen LogP contribution in [0.3, 0.4) is 0 Å². The molecule has 2 heterocycles. The monoisotopic (exact) mass is 448 g/mol. The molecule has 0 bridgehead atoms. The van der Waals surface area contributed by atoms with Crippen molar-refractivity contribution in [1.29, 1.82) is 0 Å². The molecular weight excluding hydrogens is 420 g/mol. The molecule has 2 aromatic rings. The van der Waals surface area contributed by atoms with Crippen molar-refractivity contribution in [2.75, 3.05) is 0 Å². The molecule has 0 saturated carbocycles. The van der Waals surface area contributed by atoms with Crippen molar-refractivity contribution >= 4 is 23.6 Å². The second kappa shape index (κ2) is 7.54. The molecule has 7 nitrogen and oxygen atoms in total. The number of imide groups is 2. The van der Waals surface area contributed by atoms with Gasteiger partial charge in [-0.2, -0.15) is 0 Å². The standard InChI is InChI=1S/C26H28N2O5/c1-7-25(3,4)27-21(29)17-11-9-15(13-19(17)23(27)31)33-16-10-12-18-20(14-16)24(32)28(22(18)30)26(5,6)8-2/h9-14H,7-8H2,1-6H3. The zero-order valence-corrected chi connectivity index (χ0v) is 19.8. The van der Waals surface area contributed by atoms with Crippen LogP contribution in [0.4, 0.5) is 0 Å². The lowest BCUT2D eigenvalue weighted by atomic mass is 9.99. The minimum absolute atomic E-state index is 0.294. The topological polar surface area (TPSA) is 84.0 Å². The molecule has 4 rings (SSSR count). The summed E-state index contributed by atoms with van der Waals surface area (Å²) >= 11 is 0. The molecule has 2 aromatic carbocycles. The Morgan fingerprint density at radius 1 is 0.606 bits per heavy atom. The van der Waals surface area contributed by atoms with Gasteiger partial charge in [-0.1, -0.05) is 13.8 Å². The van der Waals surface area contributed by atoms with Gasteiger partial charge in [-0.3, -0.25) is 29.0 Å². The van der Waals surface area contributed by atoms with Crippen LogP contribution in [0, 0.1) is 0 Å². The van der Waals surface area contributed by atoms with E-state index in [1.54, 1.807) is 36.4 Å². The summed E-state index contributed by atoms with van der Waals surface area (Å²) in [6.45, 7) is 11.3. The number of carbonyl (C=O) groups excluding carboxylic acids is 4. The highest BCUT2D eigenvalue weighted by molar-refractivity contribution is 6.22. The van der Waals surface area contributed by atoms with Gasteiger partial charge in [0.2, 0.25) is 0 Å². The van der Waals surface area contributed by atoms with E-state index in [4.69, 9.17) is 4.74 Å². The number of ether oxygens (including phenoxy) is 1. The lowest BCUT2D eigenvalue weighted by Crippen LogP contribution is -2.47. The summed E-state index contributed by atoms with van der Waals surface area (Å²) in [5.74, 6) is -0.580. The molecule has 4 amide bonds. The van der Waals surface area contributed by atoms with Gasteiger partial charge in [-0.25, -0.2) is 0 Å². The van der Waals surface area contributed by atoms with Crippen LogP contribution in [0.2, 0.25) is 0 Å². The maximum absolute atomic E-state index is 13.0. The molecular formula is C26H28N2O5. The highest BCUT2D eigenvalue weighted by Gasteiger charge is 2.44. The van der Waals surface area contributed by atoms with Crippen molar-refractivity contribution in [3.05, 3.63) is 58.7 Å². The first-order chi connectivity index (χ1) is 15.4. The molecule has 33 heavy (non-hydrogen) atoms. The molecule has 0 N–H and O–H groups in total. The maximum Gasteiger partial charge on any atom is 0.262 e. The fourth-order valence-corrected chi connectivity index (χ4v) is 4.12. The van der Waals surface area contributed by atoms with Crippen molar-refractivity contribution in [3.8, 4) is 11.5 Å². The summed E-state index contributed by atoms with van der Waals surface area (Å²) in [5.41, 5.74) is 0.0880. The van der Waals surface area contributed by atoms with Gasteiger partial charge >= 0.3 is 0 Å². The average molecular weight is 449 g/mol. The first-order valence-electron chi connectivity index (χ1n) is 11.2. The highest BCUT2D eigenvalue weighted by Crippen LogP contribution is 2.36. The molecule has 0 spiro atoms. The smallest absolute Gasteiger partial charge is 0.262 e. The zero-order chi connectivity index (χ0) is 24.3. The zero-order valence-electron chi connectivity index (χ0n) is 19.8. The van der Waals surface area contributed by atoms with E-state index in [-0.39, 0.29) is 23.6 Å². The summed E-state index contributed by atoms with van der Waals surface area (Å²) in [5, 5.41) is 0. The third-order valence-corrected chi connectivity index (χ3v) is 6.89. The van der Waals surface area contributed by atoms with Crippen LogP contribution in [-0.2, 0) is 0 Å². The van der Waals surface area contributed by atoms with Crippen molar-refractivity contribution in [2.45, 2.75) is 65.5 Å². The van der Waals surface area contributed by atoms with Crippen LogP contribution in [0.15, 0.2) is 36.4 Å². The Balaban J connectivity index is 1.63. The predicted molar refractivity (Wildman–Crippen MR) is 123 cm³/mol. The third-order valence-electron chi connectivity index (χ3n) is 6.89. The number of amides is 4. The summed E-state index contributed by atoms with van der Waals surface area (Å²) < 4.78 is 5.93. The number of nitrogens with zero attached hydrogens (tertiary/aromatic N) is 2. The molecule has 0 saturated heterocycles. The molecule has 0 radical (unpaired) electrons. The number of hydrogen-bond donors (Lipinski definition) is 0. The summed E-state index contributed by atoms with van der Waals surface area (Å²) in [4.78, 5) is 54.1. The van der Waals surface area contributed by atoms with Gasteiger partial charge in [0.05, 0.1) is 22.3 Å². The number of fused-ring (bicyclic) bond motifs is 2. The second-order valence-electron chi connectivity index (χ2n) is 9.74. The Hall–Kier alpha value is -3.48. The highest BCUT2D eigenvalue weighted by atomic mass is 16.5. The van der Waals surface area contributed by atoms with E-state index in [0.717, 1.165) is 0 Å². The van der Waals surface area contributed by atoms with Gasteiger partial charge in [-0.05, 0) is 76.9 Å². The Kier molecular flexibility index (Phi) is 5.19. The van der Waals surface area contributed by atoms with Crippen LogP contribution in [0.5, 0.6) is 11.5 Å². The summed E-state index contributed by atoms with van der Waals surface area (Å²) in [7, 11) is 0. The minimum atomic E-state index is -0.598. The quantitative estimate of drug-likeness (QED) is 0.578. The minimum Gasteiger partial charge on any atom is -0.457 e. The van der Waals surface area contributed by atoms with E-state index in [1.165, 1.54) is 9.80 Å². The van der Waals surface area contributed by atoms with E-state index >= 15 is 0 Å². The maximum atomic E-state index is 13.0. The molecule has 0 fully saturated rings. The lowest BCUT2D eigenvalue weighted by Gasteiger charge is -2.32. The van der Waals surface area contributed by atoms with E-state index in [0.29, 0.717) is 46.6 Å². The van der Waals surface area contributed by atoms with Crippen LogP contribution in [-0.4, -0.2) is 44.5 Å². The third kappa shape index (κ3) is 3.43. The molecule has 2 aliphatic rings. The van der Waals surface area contributed by atoms with Gasteiger partial charge in [0.25, 0.3) is 23.6 Å². The number of carbonyl (C=O) groups is 4. The SMILES string of the molecule is CCC(C)(C)N1C(=O)c2ccc(Oc3ccc4c(c3)C(=O)N(C(C)(C)CC)C4=O)cc2C1=O. The first-order valence-corrected chi connectivity index (χ1v) is 11.2. The average Bonchev–Trinajstić information content (AvgIpc) is 3.18. The summed E-state index contributed by atoms with van der Waals surface area (Å²) in [6, 6.07) is 9.52. The molecule has 2 aliphatic heterocycles. The fourth-order valence-electron chi connectivity index (χ4n) is 4.12. The van der Waals surface area contributed by atoms with Crippen molar-refractivity contribution < 1.29 is 23.9 Å². The molecule has 0 atom stereocenters. The number of benzene rings is 2. The molecule has 172 valence electrons. The summed E-state index contributed by atoms with van der Waals surface area (Å²) in [6.07, 6.45) is 1.27. The molecule has 7 heteroatoms. The van der Waals surface area contributed by atoms with Crippen LogP contribution >= 0.6 is 0 Å². The van der Waals surface area contributed by atoms with E-state index in [2.05, 4.69) is 0 Å². The number of hydrogen-bond acceptors (Lipinski definition) is 5. The normalized spacial score (nSPS) is 15.9. The molecule has 0 unspecified atom stereocenters. The van der Waals surface area contributed by atoms with Crippen LogP contribution in [0.1, 0.15) is 95.8 Å². The van der Waals surface area contributed by atoms with Gasteiger partial charge in [0.15, 0.2) is 0 Å². The van der Waals surface area contributed by atoms with Gasteiger partial charge in [-0.15, -0.1) is 0 Å². The van der Waals surface area contributed by atoms with Crippen molar-refractivity contribution in [2.24, 2.45) is 0 Å². The Morgan fingerprint density at radius 3 is 1.27 bits per heavy atom.